The van der Waals surface area contributed by atoms with Gasteiger partial charge in [-0.3, -0.25) is 19.2 Å². The first-order valence-electron chi connectivity index (χ1n) is 15.7. The Morgan fingerprint density at radius 3 is 1.54 bits per heavy atom. The van der Waals surface area contributed by atoms with Crippen molar-refractivity contribution in [3.63, 3.8) is 0 Å². The van der Waals surface area contributed by atoms with Crippen LogP contribution in [0.25, 0.3) is 0 Å². The highest BCUT2D eigenvalue weighted by Crippen LogP contribution is 2.28. The molecule has 10 nitrogen and oxygen atoms in total. The molecule has 1 saturated heterocycles. The SMILES string of the molecule is CCCCCCCCCCCCCCCCCO[C@@H]1O[C@H](COC(C)=O)[C@@H](OC(C)=O)[C@H](OC(C)=O)[C@H]1NC(C)=O. The van der Waals surface area contributed by atoms with Crippen LogP contribution in [0, 0.1) is 0 Å². The number of esters is 3. The van der Waals surface area contributed by atoms with E-state index >= 15 is 0 Å². The van der Waals surface area contributed by atoms with Crippen LogP contribution >= 0.6 is 0 Å². The third-order valence-corrected chi connectivity index (χ3v) is 7.10. The maximum Gasteiger partial charge on any atom is 0.303 e. The fraction of sp³-hybridized carbons (Fsp3) is 0.871. The summed E-state index contributed by atoms with van der Waals surface area (Å²) in [6, 6.07) is -0.925. The molecule has 1 heterocycles. The fourth-order valence-electron chi connectivity index (χ4n) is 5.11. The normalized spacial score (nSPS) is 22.1. The van der Waals surface area contributed by atoms with Crippen molar-refractivity contribution < 1.29 is 42.9 Å². The Labute approximate surface area is 246 Å². The largest absolute Gasteiger partial charge is 0.463 e. The maximum atomic E-state index is 12.0. The Morgan fingerprint density at radius 2 is 1.10 bits per heavy atom. The summed E-state index contributed by atoms with van der Waals surface area (Å²) in [5, 5.41) is 2.72. The molecule has 1 rings (SSSR count). The number of carbonyl (C=O) groups excluding carboxylic acids is 4. The zero-order valence-electron chi connectivity index (χ0n) is 26.1. The van der Waals surface area contributed by atoms with Crippen LogP contribution in [0.3, 0.4) is 0 Å². The lowest BCUT2D eigenvalue weighted by Gasteiger charge is -2.44. The van der Waals surface area contributed by atoms with Gasteiger partial charge in [0.2, 0.25) is 5.91 Å². The molecular weight excluding hydrogens is 530 g/mol. The van der Waals surface area contributed by atoms with Crippen LogP contribution in [-0.2, 0) is 42.9 Å². The monoisotopic (exact) mass is 585 g/mol. The molecule has 1 amide bonds. The van der Waals surface area contributed by atoms with Crippen LogP contribution in [0.4, 0.5) is 0 Å². The molecule has 41 heavy (non-hydrogen) atoms. The minimum Gasteiger partial charge on any atom is -0.463 e. The Hall–Kier alpha value is -2.20. The average Bonchev–Trinajstić information content (AvgIpc) is 2.89. The van der Waals surface area contributed by atoms with Gasteiger partial charge in [-0.25, -0.2) is 0 Å². The lowest BCUT2D eigenvalue weighted by Crippen LogP contribution is -2.66. The summed E-state index contributed by atoms with van der Waals surface area (Å²) < 4.78 is 28.0. The Morgan fingerprint density at radius 1 is 0.634 bits per heavy atom. The second-order valence-corrected chi connectivity index (χ2v) is 11.0. The van der Waals surface area contributed by atoms with Crippen molar-refractivity contribution >= 4 is 23.8 Å². The first-order chi connectivity index (χ1) is 19.6. The van der Waals surface area contributed by atoms with Crippen molar-refractivity contribution in [1.82, 2.24) is 5.32 Å². The number of carbonyl (C=O) groups is 4. The van der Waals surface area contributed by atoms with Crippen molar-refractivity contribution in [3.8, 4) is 0 Å². The van der Waals surface area contributed by atoms with Crippen molar-refractivity contribution in [1.29, 1.82) is 0 Å². The molecule has 0 aromatic carbocycles. The summed E-state index contributed by atoms with van der Waals surface area (Å²) in [4.78, 5) is 47.2. The predicted molar refractivity (Wildman–Crippen MR) is 155 cm³/mol. The van der Waals surface area contributed by atoms with Gasteiger partial charge in [0.05, 0.1) is 0 Å². The van der Waals surface area contributed by atoms with Gasteiger partial charge in [0, 0.05) is 34.3 Å². The van der Waals surface area contributed by atoms with Gasteiger partial charge in [-0.05, 0) is 6.42 Å². The quantitative estimate of drug-likeness (QED) is 0.0991. The minimum absolute atomic E-state index is 0.239. The average molecular weight is 586 g/mol. The number of hydrogen-bond donors (Lipinski definition) is 1. The smallest absolute Gasteiger partial charge is 0.303 e. The van der Waals surface area contributed by atoms with E-state index in [4.69, 9.17) is 23.7 Å². The first-order valence-corrected chi connectivity index (χ1v) is 15.7. The number of rotatable bonds is 22. The summed E-state index contributed by atoms with van der Waals surface area (Å²) >= 11 is 0. The summed E-state index contributed by atoms with van der Waals surface area (Å²) in [6.07, 6.45) is 14.6. The standard InChI is InChI=1S/C31H55NO9/c1-6-7-8-9-10-11-12-13-14-15-16-17-18-19-20-21-37-31-28(32-23(2)33)30(40-26(5)36)29(39-25(4)35)27(41-31)22-38-24(3)34/h27-31H,6-22H2,1-5H3,(H,32,33)/t27-,28-,29-,30-,31-/m1/s1. The molecule has 0 aromatic rings. The molecule has 1 N–H and O–H groups in total. The van der Waals surface area contributed by atoms with Gasteiger partial charge >= 0.3 is 17.9 Å². The Balaban J connectivity index is 2.50. The molecule has 1 aliphatic rings. The highest BCUT2D eigenvalue weighted by atomic mass is 16.7. The molecule has 0 unspecified atom stereocenters. The van der Waals surface area contributed by atoms with E-state index in [1.807, 2.05) is 0 Å². The molecule has 0 aliphatic carbocycles. The molecule has 0 radical (unpaired) electrons. The number of amides is 1. The van der Waals surface area contributed by atoms with Gasteiger partial charge in [-0.15, -0.1) is 0 Å². The maximum absolute atomic E-state index is 12.0. The zero-order valence-corrected chi connectivity index (χ0v) is 26.1. The van der Waals surface area contributed by atoms with Gasteiger partial charge in [-0.1, -0.05) is 96.8 Å². The highest BCUT2D eigenvalue weighted by Gasteiger charge is 2.51. The summed E-state index contributed by atoms with van der Waals surface area (Å²) in [6.45, 7) is 7.38. The van der Waals surface area contributed by atoms with Crippen molar-refractivity contribution in [3.05, 3.63) is 0 Å². The summed E-state index contributed by atoms with van der Waals surface area (Å²) in [7, 11) is 0. The van der Waals surface area contributed by atoms with Crippen LogP contribution in [0.2, 0.25) is 0 Å². The molecule has 238 valence electrons. The predicted octanol–water partition coefficient (Wildman–Crippen LogP) is 5.53. The van der Waals surface area contributed by atoms with Crippen molar-refractivity contribution in [2.45, 2.75) is 162 Å². The topological polar surface area (TPSA) is 126 Å². The number of ether oxygens (including phenoxy) is 5. The molecule has 5 atom stereocenters. The van der Waals surface area contributed by atoms with Crippen LogP contribution in [0.1, 0.15) is 131 Å². The Bertz CT molecular complexity index is 760. The van der Waals surface area contributed by atoms with Gasteiger partial charge in [0.1, 0.15) is 18.8 Å². The number of hydrogen-bond acceptors (Lipinski definition) is 9. The van der Waals surface area contributed by atoms with Gasteiger partial charge in [-0.2, -0.15) is 0 Å². The first kappa shape index (κ1) is 36.8. The van der Waals surface area contributed by atoms with E-state index in [9.17, 15) is 19.2 Å². The van der Waals surface area contributed by atoms with E-state index < -0.39 is 54.5 Å². The molecule has 1 aliphatic heterocycles. The van der Waals surface area contributed by atoms with E-state index in [2.05, 4.69) is 12.2 Å². The van der Waals surface area contributed by atoms with E-state index in [0.29, 0.717) is 6.61 Å². The van der Waals surface area contributed by atoms with E-state index in [1.165, 1.54) is 105 Å². The second-order valence-electron chi connectivity index (χ2n) is 11.0. The van der Waals surface area contributed by atoms with Crippen molar-refractivity contribution in [2.75, 3.05) is 13.2 Å². The van der Waals surface area contributed by atoms with E-state index in [1.54, 1.807) is 0 Å². The summed E-state index contributed by atoms with van der Waals surface area (Å²) in [5.41, 5.74) is 0. The Kier molecular flexibility index (Phi) is 20.1. The lowest BCUT2D eigenvalue weighted by molar-refractivity contribution is -0.277. The van der Waals surface area contributed by atoms with Crippen LogP contribution < -0.4 is 5.32 Å². The number of unbranched alkanes of at least 4 members (excludes halogenated alkanes) is 14. The molecule has 0 spiro atoms. The van der Waals surface area contributed by atoms with Gasteiger partial charge in [0.15, 0.2) is 18.5 Å². The van der Waals surface area contributed by atoms with E-state index in [0.717, 1.165) is 19.3 Å². The third-order valence-electron chi connectivity index (χ3n) is 7.10. The third kappa shape index (κ3) is 17.4. The lowest BCUT2D eigenvalue weighted by atomic mass is 9.96. The molecule has 0 aromatic heterocycles. The minimum atomic E-state index is -1.11. The fourth-order valence-corrected chi connectivity index (χ4v) is 5.11. The highest BCUT2D eigenvalue weighted by molar-refractivity contribution is 5.73. The molecule has 0 saturated carbocycles. The van der Waals surface area contributed by atoms with Crippen LogP contribution in [0.15, 0.2) is 0 Å². The molecule has 10 heteroatoms. The molecule has 0 bridgehead atoms. The van der Waals surface area contributed by atoms with E-state index in [-0.39, 0.29) is 6.61 Å². The molecular formula is C31H55NO9. The van der Waals surface area contributed by atoms with Crippen LogP contribution in [0.5, 0.6) is 0 Å². The second kappa shape index (κ2) is 22.4. The summed E-state index contributed by atoms with van der Waals surface area (Å²) in [5.74, 6) is -2.20. The number of nitrogens with one attached hydrogen (secondary N) is 1. The zero-order chi connectivity index (χ0) is 30.5. The van der Waals surface area contributed by atoms with Gasteiger partial charge < -0.3 is 29.0 Å². The van der Waals surface area contributed by atoms with Gasteiger partial charge in [0.25, 0.3) is 0 Å². The molecule has 1 fully saturated rings. The van der Waals surface area contributed by atoms with Crippen LogP contribution in [-0.4, -0.2) is 67.7 Å². The van der Waals surface area contributed by atoms with Crippen molar-refractivity contribution in [2.24, 2.45) is 0 Å².